The third kappa shape index (κ3) is 4.15. The highest BCUT2D eigenvalue weighted by molar-refractivity contribution is 5.98. The van der Waals surface area contributed by atoms with E-state index in [9.17, 15) is 4.79 Å². The highest BCUT2D eigenvalue weighted by Crippen LogP contribution is 2.34. The summed E-state index contributed by atoms with van der Waals surface area (Å²) >= 11 is 0. The monoisotopic (exact) mass is 506 g/mol. The molecule has 38 heavy (non-hydrogen) atoms. The number of amides is 1. The van der Waals surface area contributed by atoms with Crippen molar-refractivity contribution < 1.29 is 9.18 Å². The summed E-state index contributed by atoms with van der Waals surface area (Å²) in [5.74, 6) is -0.0812. The van der Waals surface area contributed by atoms with Crippen LogP contribution < -0.4 is 5.32 Å². The second-order valence-electron chi connectivity index (χ2n) is 10.00. The maximum absolute atomic E-state index is 15.2. The molecule has 5 aromatic heterocycles. The first-order valence-electron chi connectivity index (χ1n) is 12.0. The van der Waals surface area contributed by atoms with Crippen LogP contribution in [-0.2, 0) is 4.79 Å². The van der Waals surface area contributed by atoms with Crippen molar-refractivity contribution in [3.8, 4) is 33.9 Å². The van der Waals surface area contributed by atoms with E-state index < -0.39 is 11.2 Å². The fraction of sp³-hybridized carbons (Fsp3) is 0.143. The van der Waals surface area contributed by atoms with E-state index in [0.29, 0.717) is 50.4 Å². The number of aromatic amines is 2. The number of anilines is 1. The van der Waals surface area contributed by atoms with Crippen LogP contribution >= 0.6 is 0 Å². The number of carbonyl (C=O) groups is 1. The number of hydrogen-bond acceptors (Lipinski definition) is 6. The van der Waals surface area contributed by atoms with Crippen LogP contribution in [0.4, 0.5) is 10.1 Å². The molecule has 0 radical (unpaired) electrons. The van der Waals surface area contributed by atoms with Crippen LogP contribution in [0, 0.1) is 11.2 Å². The zero-order chi connectivity index (χ0) is 26.4. The molecule has 9 nitrogen and oxygen atoms in total. The van der Waals surface area contributed by atoms with Gasteiger partial charge in [0.05, 0.1) is 28.6 Å². The number of imidazole rings is 1. The number of nitrogens with zero attached hydrogens (tertiary/aromatic N) is 5. The molecule has 0 aliphatic heterocycles. The van der Waals surface area contributed by atoms with E-state index >= 15 is 4.39 Å². The van der Waals surface area contributed by atoms with Gasteiger partial charge in [-0.1, -0.05) is 20.8 Å². The lowest BCUT2D eigenvalue weighted by atomic mass is 9.95. The zero-order valence-corrected chi connectivity index (χ0v) is 20.9. The number of H-pyrrole nitrogens is 2. The normalized spacial score (nSPS) is 11.8. The van der Waals surface area contributed by atoms with Gasteiger partial charge in [0.1, 0.15) is 17.0 Å². The molecule has 0 spiro atoms. The number of benzene rings is 1. The van der Waals surface area contributed by atoms with Gasteiger partial charge in [-0.25, -0.2) is 9.37 Å². The number of nitrogens with one attached hydrogen (secondary N) is 3. The first-order valence-corrected chi connectivity index (χ1v) is 12.0. The van der Waals surface area contributed by atoms with Crippen molar-refractivity contribution in [3.05, 3.63) is 73.2 Å². The number of pyridine rings is 3. The smallest absolute Gasteiger partial charge is 0.229 e. The molecule has 5 heterocycles. The van der Waals surface area contributed by atoms with Gasteiger partial charge in [0.2, 0.25) is 5.91 Å². The molecule has 0 aliphatic carbocycles. The summed E-state index contributed by atoms with van der Waals surface area (Å²) in [5, 5.41) is 10.9. The molecule has 0 unspecified atom stereocenters. The Morgan fingerprint density at radius 2 is 1.79 bits per heavy atom. The maximum atomic E-state index is 15.2. The topological polar surface area (TPSA) is 125 Å². The van der Waals surface area contributed by atoms with Gasteiger partial charge < -0.3 is 10.3 Å². The first kappa shape index (κ1) is 23.4. The highest BCUT2D eigenvalue weighted by Gasteiger charge is 2.22. The standard InChI is InChI=1S/C28H23FN8O/c1-28(2,3)27(38)33-17-9-16(13-31-14-17)18-10-19-22(11-20(18)29)36-37-24(19)26-34-21-6-8-32-23(25(21)35-26)15-5-4-7-30-12-15/h4-14H,1-3H3,(H,33,38)(H,34,35)(H,36,37). The summed E-state index contributed by atoms with van der Waals surface area (Å²) in [5.41, 5.74) is 4.84. The van der Waals surface area contributed by atoms with Crippen LogP contribution in [0.5, 0.6) is 0 Å². The van der Waals surface area contributed by atoms with E-state index in [1.165, 1.54) is 12.3 Å². The number of hydrogen-bond donors (Lipinski definition) is 3. The third-order valence-corrected chi connectivity index (χ3v) is 6.20. The van der Waals surface area contributed by atoms with E-state index in [4.69, 9.17) is 4.98 Å². The molecular formula is C28H23FN8O. The molecule has 0 atom stereocenters. The molecule has 6 aromatic rings. The number of aromatic nitrogens is 7. The molecule has 1 aromatic carbocycles. The lowest BCUT2D eigenvalue weighted by Crippen LogP contribution is -2.27. The van der Waals surface area contributed by atoms with Crippen molar-refractivity contribution in [1.29, 1.82) is 0 Å². The minimum absolute atomic E-state index is 0.158. The Balaban J connectivity index is 1.43. The van der Waals surface area contributed by atoms with Gasteiger partial charge in [-0.2, -0.15) is 5.10 Å². The lowest BCUT2D eigenvalue weighted by molar-refractivity contribution is -0.123. The first-order chi connectivity index (χ1) is 18.3. The Labute approximate surface area is 216 Å². The number of fused-ring (bicyclic) bond motifs is 2. The largest absolute Gasteiger partial charge is 0.336 e. The van der Waals surface area contributed by atoms with Crippen molar-refractivity contribution >= 4 is 33.5 Å². The van der Waals surface area contributed by atoms with Crippen LogP contribution in [0.3, 0.4) is 0 Å². The van der Waals surface area contributed by atoms with Crippen LogP contribution in [0.15, 0.2) is 67.4 Å². The van der Waals surface area contributed by atoms with Crippen LogP contribution in [-0.4, -0.2) is 41.0 Å². The predicted octanol–water partition coefficient (Wildman–Crippen LogP) is 5.75. The van der Waals surface area contributed by atoms with Gasteiger partial charge in [0.25, 0.3) is 0 Å². The Morgan fingerprint density at radius 3 is 2.58 bits per heavy atom. The number of carbonyl (C=O) groups excluding carboxylic acids is 1. The Morgan fingerprint density at radius 1 is 0.947 bits per heavy atom. The molecule has 0 fully saturated rings. The van der Waals surface area contributed by atoms with E-state index in [2.05, 4.69) is 35.5 Å². The van der Waals surface area contributed by atoms with E-state index in [0.717, 1.165) is 11.1 Å². The molecule has 1 amide bonds. The van der Waals surface area contributed by atoms with Crippen molar-refractivity contribution in [3.63, 3.8) is 0 Å². The summed E-state index contributed by atoms with van der Waals surface area (Å²) in [7, 11) is 0. The number of rotatable bonds is 4. The minimum Gasteiger partial charge on any atom is -0.336 e. The van der Waals surface area contributed by atoms with Crippen molar-refractivity contribution in [2.75, 3.05) is 5.32 Å². The van der Waals surface area contributed by atoms with Gasteiger partial charge in [-0.15, -0.1) is 0 Å². The molecule has 6 rings (SSSR count). The summed E-state index contributed by atoms with van der Waals surface area (Å²) in [6.45, 7) is 5.46. The molecule has 188 valence electrons. The molecule has 10 heteroatoms. The van der Waals surface area contributed by atoms with Crippen molar-refractivity contribution in [2.24, 2.45) is 5.41 Å². The Bertz CT molecular complexity index is 1820. The maximum Gasteiger partial charge on any atom is 0.229 e. The second-order valence-corrected chi connectivity index (χ2v) is 10.00. The molecule has 0 aliphatic rings. The van der Waals surface area contributed by atoms with Crippen LogP contribution in [0.2, 0.25) is 0 Å². The average molecular weight is 507 g/mol. The summed E-state index contributed by atoms with van der Waals surface area (Å²) in [6.07, 6.45) is 8.25. The highest BCUT2D eigenvalue weighted by atomic mass is 19.1. The summed E-state index contributed by atoms with van der Waals surface area (Å²) < 4.78 is 15.2. The van der Waals surface area contributed by atoms with E-state index in [1.54, 1.807) is 36.9 Å². The zero-order valence-electron chi connectivity index (χ0n) is 20.9. The fourth-order valence-corrected chi connectivity index (χ4v) is 4.18. The van der Waals surface area contributed by atoms with Crippen molar-refractivity contribution in [2.45, 2.75) is 20.8 Å². The quantitative estimate of drug-likeness (QED) is 0.280. The molecule has 3 N–H and O–H groups in total. The lowest BCUT2D eigenvalue weighted by Gasteiger charge is -2.17. The van der Waals surface area contributed by atoms with Crippen LogP contribution in [0.25, 0.3) is 55.8 Å². The van der Waals surface area contributed by atoms with E-state index in [-0.39, 0.29) is 5.91 Å². The summed E-state index contributed by atoms with van der Waals surface area (Å²) in [6, 6.07) is 10.4. The summed E-state index contributed by atoms with van der Waals surface area (Å²) in [4.78, 5) is 33.5. The Hall–Kier alpha value is -4.99. The van der Waals surface area contributed by atoms with E-state index in [1.807, 2.05) is 39.0 Å². The van der Waals surface area contributed by atoms with Gasteiger partial charge >= 0.3 is 0 Å². The molecule has 0 bridgehead atoms. The minimum atomic E-state index is -0.579. The van der Waals surface area contributed by atoms with Crippen molar-refractivity contribution in [1.82, 2.24) is 35.1 Å². The SMILES string of the molecule is CC(C)(C)C(=O)Nc1cncc(-c2cc3c(-c4nc5c(-c6cccnc6)nccc5[nH]4)n[nH]c3cc2F)c1. The fourth-order valence-electron chi connectivity index (χ4n) is 4.18. The average Bonchev–Trinajstić information content (AvgIpc) is 3.52. The third-order valence-electron chi connectivity index (χ3n) is 6.20. The van der Waals surface area contributed by atoms with Gasteiger partial charge in [0.15, 0.2) is 5.82 Å². The second kappa shape index (κ2) is 8.84. The van der Waals surface area contributed by atoms with Gasteiger partial charge in [0, 0.05) is 58.3 Å². The van der Waals surface area contributed by atoms with Gasteiger partial charge in [-0.05, 0) is 30.3 Å². The van der Waals surface area contributed by atoms with Crippen LogP contribution in [0.1, 0.15) is 20.8 Å². The Kier molecular flexibility index (Phi) is 5.45. The molecular weight excluding hydrogens is 483 g/mol. The molecule has 0 saturated carbocycles. The number of halogens is 1. The predicted molar refractivity (Wildman–Crippen MR) is 143 cm³/mol. The van der Waals surface area contributed by atoms with Gasteiger partial charge in [-0.3, -0.25) is 24.8 Å². The molecule has 0 saturated heterocycles.